The van der Waals surface area contributed by atoms with Crippen molar-refractivity contribution < 1.29 is 14.7 Å². The molecule has 6 heteroatoms. The van der Waals surface area contributed by atoms with Gasteiger partial charge in [-0.05, 0) is 36.6 Å². The van der Waals surface area contributed by atoms with Gasteiger partial charge < -0.3 is 5.11 Å². The Labute approximate surface area is 144 Å². The maximum Gasteiger partial charge on any atom is 0.335 e. The first-order valence-corrected chi connectivity index (χ1v) is 8.89. The van der Waals surface area contributed by atoms with E-state index in [2.05, 4.69) is 0 Å². The van der Waals surface area contributed by atoms with E-state index in [1.165, 1.54) is 30.3 Å². The highest BCUT2D eigenvalue weighted by Gasteiger charge is 2.37. The van der Waals surface area contributed by atoms with Crippen LogP contribution in [0.3, 0.4) is 0 Å². The van der Waals surface area contributed by atoms with E-state index in [1.54, 1.807) is 23.1 Å². The Morgan fingerprint density at radius 1 is 1.22 bits per heavy atom. The standard InChI is InChI=1S/C17H17NO3S2/c19-15-14(10-11-6-8-12(9-7-11)16(20)21)23-17(22)18(15)13-4-2-1-3-5-13/h6-10,13H,1-5H2,(H,20,21)/b14-10-. The van der Waals surface area contributed by atoms with Gasteiger partial charge >= 0.3 is 5.97 Å². The summed E-state index contributed by atoms with van der Waals surface area (Å²) in [4.78, 5) is 25.9. The first-order valence-electron chi connectivity index (χ1n) is 7.66. The van der Waals surface area contributed by atoms with E-state index < -0.39 is 5.97 Å². The van der Waals surface area contributed by atoms with Crippen LogP contribution in [0.15, 0.2) is 29.2 Å². The Kier molecular flexibility index (Phi) is 4.82. The number of hydrogen-bond donors (Lipinski definition) is 1. The van der Waals surface area contributed by atoms with Gasteiger partial charge in [0.2, 0.25) is 0 Å². The molecule has 0 radical (unpaired) electrons. The quantitative estimate of drug-likeness (QED) is 0.663. The molecule has 120 valence electrons. The molecule has 0 spiro atoms. The third-order valence-electron chi connectivity index (χ3n) is 4.22. The van der Waals surface area contributed by atoms with Gasteiger partial charge in [0.15, 0.2) is 0 Å². The van der Waals surface area contributed by atoms with Gasteiger partial charge in [0.25, 0.3) is 5.91 Å². The zero-order valence-corrected chi connectivity index (χ0v) is 14.2. The molecular formula is C17H17NO3S2. The topological polar surface area (TPSA) is 57.6 Å². The summed E-state index contributed by atoms with van der Waals surface area (Å²) in [6, 6.07) is 6.72. The lowest BCUT2D eigenvalue weighted by Crippen LogP contribution is -2.39. The molecule has 1 N–H and O–H groups in total. The van der Waals surface area contributed by atoms with Crippen molar-refractivity contribution in [2.75, 3.05) is 0 Å². The summed E-state index contributed by atoms with van der Waals surface area (Å²) in [5.41, 5.74) is 1.04. The van der Waals surface area contributed by atoms with Crippen molar-refractivity contribution in [2.24, 2.45) is 0 Å². The minimum atomic E-state index is -0.958. The highest BCUT2D eigenvalue weighted by Crippen LogP contribution is 2.37. The van der Waals surface area contributed by atoms with E-state index in [0.29, 0.717) is 9.23 Å². The van der Waals surface area contributed by atoms with Crippen LogP contribution in [0.25, 0.3) is 6.08 Å². The first-order chi connectivity index (χ1) is 11.1. The lowest BCUT2D eigenvalue weighted by molar-refractivity contribution is -0.124. The van der Waals surface area contributed by atoms with Gasteiger partial charge in [0.05, 0.1) is 10.5 Å². The summed E-state index contributed by atoms with van der Waals surface area (Å²) in [5, 5.41) is 8.92. The van der Waals surface area contributed by atoms with Crippen LogP contribution in [0.1, 0.15) is 48.0 Å². The third kappa shape index (κ3) is 3.48. The summed E-state index contributed by atoms with van der Waals surface area (Å²) in [7, 11) is 0. The summed E-state index contributed by atoms with van der Waals surface area (Å²) in [6.07, 6.45) is 7.36. The van der Waals surface area contributed by atoms with Crippen LogP contribution in [0.5, 0.6) is 0 Å². The van der Waals surface area contributed by atoms with Crippen LogP contribution in [-0.2, 0) is 4.79 Å². The zero-order chi connectivity index (χ0) is 16.4. The SMILES string of the molecule is O=C(O)c1ccc(/C=C2\SC(=S)N(C3CCCCC3)C2=O)cc1. The molecule has 0 atom stereocenters. The molecule has 1 saturated heterocycles. The fraction of sp³-hybridized carbons (Fsp3) is 0.353. The fourth-order valence-corrected chi connectivity index (χ4v) is 4.41. The van der Waals surface area contributed by atoms with E-state index in [0.717, 1.165) is 31.2 Å². The normalized spacial score (nSPS) is 21.2. The number of carboxylic acids is 1. The van der Waals surface area contributed by atoms with E-state index in [4.69, 9.17) is 17.3 Å². The second kappa shape index (κ2) is 6.84. The molecule has 23 heavy (non-hydrogen) atoms. The van der Waals surface area contributed by atoms with Crippen LogP contribution in [0, 0.1) is 0 Å². The van der Waals surface area contributed by atoms with E-state index >= 15 is 0 Å². The van der Waals surface area contributed by atoms with Crippen LogP contribution < -0.4 is 0 Å². The molecule has 2 aliphatic rings. The molecule has 0 unspecified atom stereocenters. The average Bonchev–Trinajstić information content (AvgIpc) is 2.82. The fourth-order valence-electron chi connectivity index (χ4n) is 3.01. The molecule has 3 rings (SSSR count). The third-order valence-corrected chi connectivity index (χ3v) is 5.55. The lowest BCUT2D eigenvalue weighted by Gasteiger charge is -2.29. The number of amides is 1. The molecule has 4 nitrogen and oxygen atoms in total. The van der Waals surface area contributed by atoms with Gasteiger partial charge in [0.1, 0.15) is 4.32 Å². The van der Waals surface area contributed by atoms with Crippen molar-refractivity contribution in [2.45, 2.75) is 38.1 Å². The molecule has 1 aliphatic carbocycles. The summed E-state index contributed by atoms with van der Waals surface area (Å²) < 4.78 is 0.635. The predicted molar refractivity (Wildman–Crippen MR) is 95.3 cm³/mol. The number of carboxylic acid groups (broad SMARTS) is 1. The second-order valence-electron chi connectivity index (χ2n) is 5.77. The van der Waals surface area contributed by atoms with Gasteiger partial charge in [-0.1, -0.05) is 55.4 Å². The van der Waals surface area contributed by atoms with Gasteiger partial charge in [-0.15, -0.1) is 0 Å². The maximum absolute atomic E-state index is 12.6. The predicted octanol–water partition coefficient (Wildman–Crippen LogP) is 3.92. The minimum Gasteiger partial charge on any atom is -0.478 e. The largest absolute Gasteiger partial charge is 0.478 e. The van der Waals surface area contributed by atoms with Gasteiger partial charge in [-0.3, -0.25) is 9.69 Å². The number of thioether (sulfide) groups is 1. The van der Waals surface area contributed by atoms with E-state index in [1.807, 2.05) is 0 Å². The van der Waals surface area contributed by atoms with Crippen LogP contribution >= 0.6 is 24.0 Å². The Morgan fingerprint density at radius 2 is 1.87 bits per heavy atom. The van der Waals surface area contributed by atoms with Gasteiger partial charge in [-0.25, -0.2) is 4.79 Å². The molecule has 0 bridgehead atoms. The second-order valence-corrected chi connectivity index (χ2v) is 7.45. The number of rotatable bonds is 3. The molecule has 1 saturated carbocycles. The Hall–Kier alpha value is -1.66. The Balaban J connectivity index is 1.79. The molecule has 1 aromatic rings. The van der Waals surface area contributed by atoms with E-state index in [-0.39, 0.29) is 17.5 Å². The number of carbonyl (C=O) groups is 2. The highest BCUT2D eigenvalue weighted by molar-refractivity contribution is 8.26. The van der Waals surface area contributed by atoms with Crippen molar-refractivity contribution in [1.29, 1.82) is 0 Å². The molecule has 0 aromatic heterocycles. The summed E-state index contributed by atoms with van der Waals surface area (Å²) in [5.74, 6) is -0.977. The molecule has 1 heterocycles. The molecular weight excluding hydrogens is 330 g/mol. The van der Waals surface area contributed by atoms with Crippen molar-refractivity contribution in [1.82, 2.24) is 4.90 Å². The smallest absolute Gasteiger partial charge is 0.335 e. The van der Waals surface area contributed by atoms with E-state index in [9.17, 15) is 9.59 Å². The van der Waals surface area contributed by atoms with Crippen molar-refractivity contribution in [3.8, 4) is 0 Å². The van der Waals surface area contributed by atoms with Gasteiger partial charge in [-0.2, -0.15) is 0 Å². The number of aromatic carboxylic acids is 1. The molecule has 1 aliphatic heterocycles. The lowest BCUT2D eigenvalue weighted by atomic mass is 9.94. The monoisotopic (exact) mass is 347 g/mol. The average molecular weight is 347 g/mol. The molecule has 1 amide bonds. The molecule has 1 aromatic carbocycles. The van der Waals surface area contributed by atoms with Gasteiger partial charge in [0, 0.05) is 6.04 Å². The van der Waals surface area contributed by atoms with Crippen molar-refractivity contribution in [3.05, 3.63) is 40.3 Å². The highest BCUT2D eigenvalue weighted by atomic mass is 32.2. The molecule has 2 fully saturated rings. The minimum absolute atomic E-state index is 0.0192. The van der Waals surface area contributed by atoms with Crippen LogP contribution in [0.2, 0.25) is 0 Å². The zero-order valence-electron chi connectivity index (χ0n) is 12.5. The van der Waals surface area contributed by atoms with Crippen molar-refractivity contribution >= 4 is 46.3 Å². The maximum atomic E-state index is 12.6. The summed E-state index contributed by atoms with van der Waals surface area (Å²) in [6.45, 7) is 0. The Bertz CT molecular complexity index is 676. The number of hydrogen-bond acceptors (Lipinski definition) is 4. The number of thiocarbonyl (C=S) groups is 1. The first kappa shape index (κ1) is 16.2. The Morgan fingerprint density at radius 3 is 2.48 bits per heavy atom. The number of nitrogens with zero attached hydrogens (tertiary/aromatic N) is 1. The van der Waals surface area contributed by atoms with Crippen LogP contribution in [0.4, 0.5) is 0 Å². The summed E-state index contributed by atoms with van der Waals surface area (Å²) >= 11 is 6.73. The van der Waals surface area contributed by atoms with Crippen LogP contribution in [-0.4, -0.2) is 32.2 Å². The van der Waals surface area contributed by atoms with Crippen molar-refractivity contribution in [3.63, 3.8) is 0 Å². The number of benzene rings is 1. The number of carbonyl (C=O) groups excluding carboxylic acids is 1.